The number of carbonyl (C=O) groups is 1. The number of hydrogen-bond acceptors (Lipinski definition) is 4. The summed E-state index contributed by atoms with van der Waals surface area (Å²) in [6.07, 6.45) is -3.98. The minimum Gasteiger partial charge on any atom is -0.384 e. The van der Waals surface area contributed by atoms with Gasteiger partial charge in [0.15, 0.2) is 5.60 Å². The van der Waals surface area contributed by atoms with Crippen LogP contribution in [0.4, 0.5) is 13.2 Å². The Bertz CT molecular complexity index is 1660. The van der Waals surface area contributed by atoms with Crippen molar-refractivity contribution in [3.05, 3.63) is 130 Å². The molecule has 1 N–H and O–H groups in total. The SMILES string of the molecule is CC(NC(=O)c1cc(C2=NOC(C)(c3ccccc3)C2)cc(-c2ccccc2C#N)c1)c1ccc(C(F)(F)F)cc1. The molecule has 0 saturated heterocycles. The van der Waals surface area contributed by atoms with Crippen molar-refractivity contribution in [3.8, 4) is 17.2 Å². The molecule has 41 heavy (non-hydrogen) atoms. The van der Waals surface area contributed by atoms with E-state index in [1.165, 1.54) is 12.1 Å². The molecule has 1 aliphatic heterocycles. The van der Waals surface area contributed by atoms with Crippen LogP contribution in [0.1, 0.15) is 64.5 Å². The van der Waals surface area contributed by atoms with Gasteiger partial charge in [-0.1, -0.05) is 65.8 Å². The lowest BCUT2D eigenvalue weighted by Gasteiger charge is -2.21. The number of oxime groups is 1. The zero-order valence-electron chi connectivity index (χ0n) is 22.4. The maximum Gasteiger partial charge on any atom is 0.416 e. The van der Waals surface area contributed by atoms with Crippen molar-refractivity contribution < 1.29 is 22.8 Å². The fourth-order valence-electron chi connectivity index (χ4n) is 4.88. The van der Waals surface area contributed by atoms with Gasteiger partial charge < -0.3 is 10.2 Å². The lowest BCUT2D eigenvalue weighted by molar-refractivity contribution is -0.137. The summed E-state index contributed by atoms with van der Waals surface area (Å²) in [6, 6.07) is 28.5. The highest BCUT2D eigenvalue weighted by atomic mass is 19.4. The monoisotopic (exact) mass is 553 g/mol. The third kappa shape index (κ3) is 5.85. The van der Waals surface area contributed by atoms with E-state index in [1.807, 2.05) is 55.5 Å². The molecule has 1 aliphatic rings. The Balaban J connectivity index is 1.48. The highest BCUT2D eigenvalue weighted by Gasteiger charge is 2.37. The Morgan fingerprint density at radius 1 is 0.976 bits per heavy atom. The number of alkyl halides is 3. The van der Waals surface area contributed by atoms with Crippen LogP contribution in [0.3, 0.4) is 0 Å². The normalized spacial score (nSPS) is 17.2. The Morgan fingerprint density at radius 2 is 1.63 bits per heavy atom. The van der Waals surface area contributed by atoms with Gasteiger partial charge in [0.25, 0.3) is 5.91 Å². The molecule has 2 unspecified atom stereocenters. The molecular weight excluding hydrogens is 527 g/mol. The van der Waals surface area contributed by atoms with Gasteiger partial charge in [-0.3, -0.25) is 4.79 Å². The summed E-state index contributed by atoms with van der Waals surface area (Å²) in [5.41, 5.74) is 3.47. The maximum absolute atomic E-state index is 13.5. The summed E-state index contributed by atoms with van der Waals surface area (Å²) in [5, 5.41) is 17.0. The number of nitrogens with zero attached hydrogens (tertiary/aromatic N) is 2. The van der Waals surface area contributed by atoms with Gasteiger partial charge in [-0.25, -0.2) is 0 Å². The van der Waals surface area contributed by atoms with Crippen molar-refractivity contribution in [2.45, 2.75) is 38.1 Å². The minimum absolute atomic E-state index is 0.319. The predicted molar refractivity (Wildman–Crippen MR) is 150 cm³/mol. The van der Waals surface area contributed by atoms with Gasteiger partial charge in [-0.15, -0.1) is 0 Å². The lowest BCUT2D eigenvalue weighted by Crippen LogP contribution is -2.27. The van der Waals surface area contributed by atoms with E-state index in [-0.39, 0.29) is 0 Å². The van der Waals surface area contributed by atoms with E-state index < -0.39 is 29.3 Å². The number of hydrogen-bond donors (Lipinski definition) is 1. The molecule has 206 valence electrons. The van der Waals surface area contributed by atoms with Crippen LogP contribution < -0.4 is 5.32 Å². The molecule has 1 amide bonds. The molecule has 5 rings (SSSR count). The average Bonchev–Trinajstić information content (AvgIpc) is 3.40. The molecule has 0 aromatic heterocycles. The number of amides is 1. The van der Waals surface area contributed by atoms with Crippen molar-refractivity contribution in [1.29, 1.82) is 5.26 Å². The van der Waals surface area contributed by atoms with E-state index in [4.69, 9.17) is 4.84 Å². The standard InChI is InChI=1S/C33H26F3N3O2/c1-21(22-12-14-28(15-13-22)33(34,35)36)38-31(40)26-17-24(29-11-7-6-8-23(29)20-37)16-25(18-26)30-19-32(2,41-39-30)27-9-4-3-5-10-27/h3-18,21H,19H2,1-2H3,(H,38,40). The lowest BCUT2D eigenvalue weighted by atomic mass is 9.87. The summed E-state index contributed by atoms with van der Waals surface area (Å²) in [4.78, 5) is 19.4. The second-order valence-corrected chi connectivity index (χ2v) is 10.2. The van der Waals surface area contributed by atoms with Crippen LogP contribution in [-0.2, 0) is 16.6 Å². The van der Waals surface area contributed by atoms with Crippen molar-refractivity contribution in [3.63, 3.8) is 0 Å². The molecular formula is C33H26F3N3O2. The molecule has 1 heterocycles. The third-order valence-corrected chi connectivity index (χ3v) is 7.22. The highest BCUT2D eigenvalue weighted by molar-refractivity contribution is 6.05. The molecule has 2 atom stereocenters. The molecule has 8 heteroatoms. The summed E-state index contributed by atoms with van der Waals surface area (Å²) in [5.74, 6) is -0.416. The number of rotatable bonds is 6. The van der Waals surface area contributed by atoms with Crippen molar-refractivity contribution >= 4 is 11.6 Å². The van der Waals surface area contributed by atoms with Gasteiger partial charge in [0.2, 0.25) is 0 Å². The summed E-state index contributed by atoms with van der Waals surface area (Å²) in [6.45, 7) is 3.66. The zero-order chi connectivity index (χ0) is 29.2. The number of nitriles is 1. The van der Waals surface area contributed by atoms with Gasteiger partial charge in [0.1, 0.15) is 0 Å². The van der Waals surface area contributed by atoms with Gasteiger partial charge in [-0.2, -0.15) is 18.4 Å². The Hall–Kier alpha value is -4.90. The smallest absolute Gasteiger partial charge is 0.384 e. The molecule has 0 fully saturated rings. The predicted octanol–water partition coefficient (Wildman–Crippen LogP) is 7.77. The molecule has 0 spiro atoms. The largest absolute Gasteiger partial charge is 0.416 e. The first-order chi connectivity index (χ1) is 19.6. The van der Waals surface area contributed by atoms with Crippen molar-refractivity contribution in [2.24, 2.45) is 5.16 Å². The van der Waals surface area contributed by atoms with Gasteiger partial charge in [0, 0.05) is 17.5 Å². The van der Waals surface area contributed by atoms with E-state index in [2.05, 4.69) is 16.5 Å². The van der Waals surface area contributed by atoms with E-state index in [1.54, 1.807) is 31.2 Å². The number of carbonyl (C=O) groups excluding carboxylic acids is 1. The molecule has 0 aliphatic carbocycles. The fourth-order valence-corrected chi connectivity index (χ4v) is 4.88. The third-order valence-electron chi connectivity index (χ3n) is 7.22. The summed E-state index contributed by atoms with van der Waals surface area (Å²) < 4.78 is 39.0. The topological polar surface area (TPSA) is 74.5 Å². The maximum atomic E-state index is 13.5. The highest BCUT2D eigenvalue weighted by Crippen LogP contribution is 2.37. The Labute approximate surface area is 235 Å². The van der Waals surface area contributed by atoms with Crippen molar-refractivity contribution in [2.75, 3.05) is 0 Å². The molecule has 4 aromatic rings. The van der Waals surface area contributed by atoms with Crippen LogP contribution in [-0.4, -0.2) is 11.6 Å². The quantitative estimate of drug-likeness (QED) is 0.265. The van der Waals surface area contributed by atoms with Crippen LogP contribution >= 0.6 is 0 Å². The molecule has 5 nitrogen and oxygen atoms in total. The minimum atomic E-state index is -4.44. The molecule has 0 bridgehead atoms. The van der Waals surface area contributed by atoms with E-state index in [0.29, 0.717) is 45.5 Å². The number of benzene rings is 4. The Kier molecular flexibility index (Phi) is 7.38. The van der Waals surface area contributed by atoms with E-state index >= 15 is 0 Å². The molecule has 4 aromatic carbocycles. The second kappa shape index (κ2) is 10.9. The van der Waals surface area contributed by atoms with Crippen LogP contribution in [0.5, 0.6) is 0 Å². The van der Waals surface area contributed by atoms with Crippen LogP contribution in [0.25, 0.3) is 11.1 Å². The summed E-state index contributed by atoms with van der Waals surface area (Å²) >= 11 is 0. The number of nitrogens with one attached hydrogen (secondary N) is 1. The van der Waals surface area contributed by atoms with Gasteiger partial charge in [-0.05, 0) is 72.5 Å². The average molecular weight is 554 g/mol. The first-order valence-electron chi connectivity index (χ1n) is 13.0. The molecule has 0 saturated carbocycles. The van der Waals surface area contributed by atoms with Gasteiger partial charge >= 0.3 is 6.18 Å². The van der Waals surface area contributed by atoms with Gasteiger partial charge in [0.05, 0.1) is 28.9 Å². The summed E-state index contributed by atoms with van der Waals surface area (Å²) in [7, 11) is 0. The Morgan fingerprint density at radius 3 is 2.32 bits per heavy atom. The zero-order valence-corrected chi connectivity index (χ0v) is 22.4. The van der Waals surface area contributed by atoms with E-state index in [0.717, 1.165) is 17.7 Å². The first kappa shape index (κ1) is 27.7. The molecule has 0 radical (unpaired) electrons. The second-order valence-electron chi connectivity index (χ2n) is 10.2. The van der Waals surface area contributed by atoms with E-state index in [9.17, 15) is 23.2 Å². The van der Waals surface area contributed by atoms with Crippen LogP contribution in [0.2, 0.25) is 0 Å². The number of halogens is 3. The van der Waals surface area contributed by atoms with Crippen molar-refractivity contribution in [1.82, 2.24) is 5.32 Å². The van der Waals surface area contributed by atoms with Crippen LogP contribution in [0, 0.1) is 11.3 Å². The fraction of sp³-hybridized carbons (Fsp3) is 0.182. The first-order valence-corrected chi connectivity index (χ1v) is 13.0. The van der Waals surface area contributed by atoms with Crippen LogP contribution in [0.15, 0.2) is 102 Å².